The molecule has 0 fully saturated rings. The molecule has 1 atom stereocenters. The van der Waals surface area contributed by atoms with Crippen molar-refractivity contribution in [1.29, 1.82) is 0 Å². The predicted molar refractivity (Wildman–Crippen MR) is 121 cm³/mol. The van der Waals surface area contributed by atoms with E-state index in [4.69, 9.17) is 15.2 Å². The molecule has 1 unspecified atom stereocenters. The van der Waals surface area contributed by atoms with E-state index in [2.05, 4.69) is 15.9 Å². The number of benzene rings is 2. The van der Waals surface area contributed by atoms with Crippen LogP contribution in [0.15, 0.2) is 75.7 Å². The summed E-state index contributed by atoms with van der Waals surface area (Å²) in [4.78, 5) is 28.0. The Morgan fingerprint density at radius 2 is 1.74 bits per heavy atom. The number of carbonyl (C=O) groups excluding carboxylic acids is 2. The van der Waals surface area contributed by atoms with E-state index < -0.39 is 11.9 Å². The van der Waals surface area contributed by atoms with Crippen LogP contribution in [-0.4, -0.2) is 26.0 Å². The third-order valence-electron chi connectivity index (χ3n) is 5.73. The van der Waals surface area contributed by atoms with Crippen LogP contribution in [0.25, 0.3) is 0 Å². The fraction of sp³-hybridized carbons (Fsp3) is 0.250. The zero-order valence-electron chi connectivity index (χ0n) is 17.4. The summed E-state index contributed by atoms with van der Waals surface area (Å²) in [5.74, 6) is -0.142. The minimum Gasteiger partial charge on any atom is -0.497 e. The van der Waals surface area contributed by atoms with E-state index in [9.17, 15) is 9.59 Å². The van der Waals surface area contributed by atoms with Gasteiger partial charge in [-0.05, 0) is 54.8 Å². The number of nitrogens with zero attached hydrogens (tertiary/aromatic N) is 1. The van der Waals surface area contributed by atoms with Gasteiger partial charge in [0.1, 0.15) is 11.6 Å². The SMILES string of the molecule is COC(=O)C1=C(N)N(c2ccc(Br)cc2)C2=C(C(=O)CCC2)C1c1ccc(OC)cc1. The van der Waals surface area contributed by atoms with Gasteiger partial charge in [-0.25, -0.2) is 4.79 Å². The van der Waals surface area contributed by atoms with Crippen LogP contribution in [0.2, 0.25) is 0 Å². The fourth-order valence-corrected chi connectivity index (χ4v) is 4.58. The van der Waals surface area contributed by atoms with Crippen molar-refractivity contribution in [2.24, 2.45) is 5.73 Å². The molecule has 1 aliphatic carbocycles. The Morgan fingerprint density at radius 1 is 1.06 bits per heavy atom. The van der Waals surface area contributed by atoms with E-state index in [1.807, 2.05) is 53.4 Å². The first-order valence-electron chi connectivity index (χ1n) is 10.00. The van der Waals surface area contributed by atoms with Crippen LogP contribution >= 0.6 is 15.9 Å². The van der Waals surface area contributed by atoms with Crippen molar-refractivity contribution < 1.29 is 19.1 Å². The number of rotatable bonds is 4. The third kappa shape index (κ3) is 3.74. The number of Topliss-reactive ketones (excluding diaryl/α,β-unsaturated/α-hetero) is 1. The maximum absolute atomic E-state index is 13.2. The number of carbonyl (C=O) groups is 2. The standard InChI is InChI=1S/C24H23BrN2O4/c1-30-17-12-6-14(7-13-17)20-21-18(4-3-5-19(21)28)27(16-10-8-15(25)9-11-16)23(26)22(20)24(29)31-2/h6-13,20H,3-5,26H2,1-2H3. The quantitative estimate of drug-likeness (QED) is 0.649. The maximum Gasteiger partial charge on any atom is 0.338 e. The van der Waals surface area contributed by atoms with Gasteiger partial charge in [0.05, 0.1) is 25.7 Å². The third-order valence-corrected chi connectivity index (χ3v) is 6.26. The van der Waals surface area contributed by atoms with Crippen molar-refractivity contribution in [3.63, 3.8) is 0 Å². The maximum atomic E-state index is 13.2. The van der Waals surface area contributed by atoms with E-state index in [0.717, 1.165) is 27.8 Å². The summed E-state index contributed by atoms with van der Waals surface area (Å²) in [5.41, 5.74) is 9.92. The van der Waals surface area contributed by atoms with E-state index in [1.165, 1.54) is 7.11 Å². The largest absolute Gasteiger partial charge is 0.497 e. The van der Waals surface area contributed by atoms with Crippen LogP contribution in [0.5, 0.6) is 5.75 Å². The molecule has 0 aromatic heterocycles. The molecule has 2 aliphatic rings. The summed E-state index contributed by atoms with van der Waals surface area (Å²) in [6.07, 6.45) is 1.87. The van der Waals surface area contributed by atoms with Gasteiger partial charge in [-0.3, -0.25) is 9.69 Å². The number of ether oxygens (including phenoxy) is 2. The number of hydrogen-bond acceptors (Lipinski definition) is 6. The highest BCUT2D eigenvalue weighted by Crippen LogP contribution is 2.47. The van der Waals surface area contributed by atoms with Crippen LogP contribution in [0.1, 0.15) is 30.7 Å². The predicted octanol–water partition coefficient (Wildman–Crippen LogP) is 4.41. The molecule has 0 saturated heterocycles. The van der Waals surface area contributed by atoms with Crippen molar-refractivity contribution in [2.75, 3.05) is 19.1 Å². The second-order valence-corrected chi connectivity index (χ2v) is 8.36. The van der Waals surface area contributed by atoms with Crippen LogP contribution in [0, 0.1) is 0 Å². The Morgan fingerprint density at radius 3 is 2.35 bits per heavy atom. The number of nitrogens with two attached hydrogens (primary N) is 1. The highest BCUT2D eigenvalue weighted by atomic mass is 79.9. The Labute approximate surface area is 189 Å². The number of halogens is 1. The number of hydrogen-bond donors (Lipinski definition) is 1. The second-order valence-electron chi connectivity index (χ2n) is 7.45. The molecule has 0 saturated carbocycles. The van der Waals surface area contributed by atoms with Gasteiger partial charge in [-0.15, -0.1) is 0 Å². The zero-order valence-corrected chi connectivity index (χ0v) is 18.9. The van der Waals surface area contributed by atoms with E-state index in [0.29, 0.717) is 24.2 Å². The van der Waals surface area contributed by atoms with Crippen LogP contribution in [0.3, 0.4) is 0 Å². The van der Waals surface area contributed by atoms with Gasteiger partial charge >= 0.3 is 5.97 Å². The van der Waals surface area contributed by atoms with Gasteiger partial charge in [0.15, 0.2) is 5.78 Å². The average Bonchev–Trinajstić information content (AvgIpc) is 2.79. The normalized spacial score (nSPS) is 18.7. The van der Waals surface area contributed by atoms with E-state index in [-0.39, 0.29) is 17.2 Å². The molecule has 2 aromatic carbocycles. The Hall–Kier alpha value is -3.06. The minimum atomic E-state index is -0.590. The Kier molecular flexibility index (Phi) is 5.87. The van der Waals surface area contributed by atoms with Crippen molar-refractivity contribution in [3.8, 4) is 5.75 Å². The van der Waals surface area contributed by atoms with Gasteiger partial charge in [0.25, 0.3) is 0 Å². The molecule has 0 radical (unpaired) electrons. The summed E-state index contributed by atoms with van der Waals surface area (Å²) >= 11 is 3.45. The number of esters is 1. The number of anilines is 1. The molecule has 1 heterocycles. The van der Waals surface area contributed by atoms with E-state index >= 15 is 0 Å². The molecule has 2 N–H and O–H groups in total. The molecule has 6 nitrogen and oxygen atoms in total. The van der Waals surface area contributed by atoms with Crippen molar-refractivity contribution in [3.05, 3.63) is 81.2 Å². The second kappa shape index (κ2) is 8.59. The van der Waals surface area contributed by atoms with Crippen molar-refractivity contribution >= 4 is 33.4 Å². The first-order valence-corrected chi connectivity index (χ1v) is 10.8. The molecule has 7 heteroatoms. The molecular weight excluding hydrogens is 460 g/mol. The van der Waals surface area contributed by atoms with Crippen molar-refractivity contribution in [2.45, 2.75) is 25.2 Å². The topological polar surface area (TPSA) is 81.9 Å². The molecule has 31 heavy (non-hydrogen) atoms. The highest BCUT2D eigenvalue weighted by Gasteiger charge is 2.42. The zero-order chi connectivity index (χ0) is 22.1. The summed E-state index contributed by atoms with van der Waals surface area (Å²) in [7, 11) is 2.92. The number of ketones is 1. The Bertz CT molecular complexity index is 1090. The summed E-state index contributed by atoms with van der Waals surface area (Å²) in [5, 5.41) is 0. The minimum absolute atomic E-state index is 0.0260. The summed E-state index contributed by atoms with van der Waals surface area (Å²) < 4.78 is 11.3. The van der Waals surface area contributed by atoms with Crippen LogP contribution in [-0.2, 0) is 14.3 Å². The fourth-order valence-electron chi connectivity index (χ4n) is 4.31. The van der Waals surface area contributed by atoms with Crippen molar-refractivity contribution in [1.82, 2.24) is 0 Å². The molecule has 2 aromatic rings. The lowest BCUT2D eigenvalue weighted by molar-refractivity contribution is -0.136. The molecule has 160 valence electrons. The van der Waals surface area contributed by atoms with Gasteiger partial charge < -0.3 is 15.2 Å². The highest BCUT2D eigenvalue weighted by molar-refractivity contribution is 9.10. The lowest BCUT2D eigenvalue weighted by atomic mass is 9.75. The van der Waals surface area contributed by atoms with Crippen LogP contribution in [0.4, 0.5) is 5.69 Å². The van der Waals surface area contributed by atoms with E-state index in [1.54, 1.807) is 7.11 Å². The molecule has 4 rings (SSSR count). The molecule has 0 spiro atoms. The lowest BCUT2D eigenvalue weighted by Crippen LogP contribution is -2.40. The summed E-state index contributed by atoms with van der Waals surface area (Å²) in [6.45, 7) is 0. The Balaban J connectivity index is 1.96. The smallest absolute Gasteiger partial charge is 0.338 e. The molecular formula is C24H23BrN2O4. The number of methoxy groups -OCH3 is 2. The number of allylic oxidation sites excluding steroid dienone is 2. The van der Waals surface area contributed by atoms with Gasteiger partial charge in [0.2, 0.25) is 0 Å². The van der Waals surface area contributed by atoms with Gasteiger partial charge in [0, 0.05) is 27.9 Å². The molecule has 0 amide bonds. The first-order chi connectivity index (χ1) is 15.0. The average molecular weight is 483 g/mol. The first kappa shape index (κ1) is 21.2. The van der Waals surface area contributed by atoms with Crippen LogP contribution < -0.4 is 15.4 Å². The molecule has 0 bridgehead atoms. The monoisotopic (exact) mass is 482 g/mol. The van der Waals surface area contributed by atoms with Gasteiger partial charge in [-0.2, -0.15) is 0 Å². The lowest BCUT2D eigenvalue weighted by Gasteiger charge is -2.40. The molecule has 1 aliphatic heterocycles. The van der Waals surface area contributed by atoms with Gasteiger partial charge in [-0.1, -0.05) is 28.1 Å². The summed E-state index contributed by atoms with van der Waals surface area (Å²) in [6, 6.07) is 15.0.